The number of amides is 3. The minimum atomic E-state index is -0.679. The van der Waals surface area contributed by atoms with Gasteiger partial charge in [-0.05, 0) is 61.1 Å². The van der Waals surface area contributed by atoms with Gasteiger partial charge in [-0.15, -0.1) is 0 Å². The molecule has 0 aromatic heterocycles. The molecule has 0 atom stereocenters. The van der Waals surface area contributed by atoms with Crippen molar-refractivity contribution in [3.63, 3.8) is 0 Å². The first-order valence-corrected chi connectivity index (χ1v) is 12.1. The molecule has 2 aromatic rings. The quantitative estimate of drug-likeness (QED) is 0.217. The molecule has 0 radical (unpaired) electrons. The molecule has 0 bridgehead atoms. The first-order chi connectivity index (χ1) is 16.2. The van der Waals surface area contributed by atoms with Gasteiger partial charge in [-0.1, -0.05) is 59.2 Å². The smallest absolute Gasteiger partial charge is 0.338 e. The molecule has 34 heavy (non-hydrogen) atoms. The van der Waals surface area contributed by atoms with Crippen LogP contribution in [0, 0.1) is 0 Å². The van der Waals surface area contributed by atoms with E-state index in [1.165, 1.54) is 12.1 Å². The van der Waals surface area contributed by atoms with Gasteiger partial charge in [0.15, 0.2) is 15.8 Å². The molecular weight excluding hydrogens is 541 g/mol. The van der Waals surface area contributed by atoms with Crippen LogP contribution in [0.2, 0.25) is 15.1 Å². The molecule has 1 aliphatic rings. The molecule has 2 N–H and O–H groups in total. The van der Waals surface area contributed by atoms with Gasteiger partial charge >= 0.3 is 6.03 Å². The second-order valence-corrected chi connectivity index (χ2v) is 9.47. The van der Waals surface area contributed by atoms with E-state index >= 15 is 0 Å². The van der Waals surface area contributed by atoms with Crippen LogP contribution < -0.4 is 20.2 Å². The minimum absolute atomic E-state index is 0.155. The van der Waals surface area contributed by atoms with Crippen molar-refractivity contribution in [3.05, 3.63) is 68.5 Å². The van der Waals surface area contributed by atoms with E-state index in [0.717, 1.165) is 16.8 Å². The Kier molecular flexibility index (Phi) is 9.10. The van der Waals surface area contributed by atoms with Crippen molar-refractivity contribution in [1.82, 2.24) is 10.4 Å². The normalized spacial score (nSPS) is 14.4. The maximum Gasteiger partial charge on any atom is 0.338 e. The highest BCUT2D eigenvalue weighted by molar-refractivity contribution is 8.26. The summed E-state index contributed by atoms with van der Waals surface area (Å²) in [6.07, 6.45) is 3.19. The standard InChI is InChI=1S/C22H18Cl3N3O4S2/c1-3-7-32-19-16(25)8-12(9-17(19)31-4-2)10-18-20(29)28(22(33)34-18)27-21(30)26-13-5-6-14(23)15(24)11-13/h3,5-6,8-11H,1,4,7H2,2H3,(H2,26,27,30)/b18-10+. The van der Waals surface area contributed by atoms with Crippen molar-refractivity contribution in [2.75, 3.05) is 18.5 Å². The number of thioether (sulfide) groups is 1. The van der Waals surface area contributed by atoms with Crippen LogP contribution in [0.4, 0.5) is 10.5 Å². The molecule has 2 aromatic carbocycles. The van der Waals surface area contributed by atoms with Crippen molar-refractivity contribution < 1.29 is 19.1 Å². The van der Waals surface area contributed by atoms with Crippen LogP contribution >= 0.6 is 58.8 Å². The Labute approximate surface area is 221 Å². The summed E-state index contributed by atoms with van der Waals surface area (Å²) in [5.41, 5.74) is 3.42. The van der Waals surface area contributed by atoms with Gasteiger partial charge in [0.05, 0.1) is 26.6 Å². The highest BCUT2D eigenvalue weighted by Crippen LogP contribution is 2.39. The summed E-state index contributed by atoms with van der Waals surface area (Å²) in [6, 6.07) is 7.25. The fourth-order valence-corrected chi connectivity index (χ4v) is 4.52. The number of hydrazine groups is 1. The van der Waals surface area contributed by atoms with Crippen LogP contribution in [0.1, 0.15) is 12.5 Å². The number of rotatable bonds is 8. The number of nitrogens with one attached hydrogen (secondary N) is 2. The number of nitrogens with zero attached hydrogens (tertiary/aromatic N) is 1. The SMILES string of the molecule is C=CCOc1c(Cl)cc(/C=C2/SC(=S)N(NC(=O)Nc3ccc(Cl)c(Cl)c3)C2=O)cc1OCC. The maximum absolute atomic E-state index is 12.9. The highest BCUT2D eigenvalue weighted by atomic mass is 35.5. The Morgan fingerprint density at radius 3 is 2.62 bits per heavy atom. The molecule has 0 saturated carbocycles. The van der Waals surface area contributed by atoms with Crippen LogP contribution in [0.25, 0.3) is 6.08 Å². The minimum Gasteiger partial charge on any atom is -0.490 e. The van der Waals surface area contributed by atoms with E-state index in [9.17, 15) is 9.59 Å². The van der Waals surface area contributed by atoms with Crippen molar-refractivity contribution in [2.45, 2.75) is 6.92 Å². The number of anilines is 1. The van der Waals surface area contributed by atoms with Crippen molar-refractivity contribution in [2.24, 2.45) is 0 Å². The zero-order chi connectivity index (χ0) is 24.8. The molecule has 7 nitrogen and oxygen atoms in total. The fraction of sp³-hybridized carbons (Fsp3) is 0.136. The lowest BCUT2D eigenvalue weighted by atomic mass is 10.2. The summed E-state index contributed by atoms with van der Waals surface area (Å²) in [4.78, 5) is 25.5. The van der Waals surface area contributed by atoms with Crippen LogP contribution in [0.5, 0.6) is 11.5 Å². The second-order valence-electron chi connectivity index (χ2n) is 6.57. The summed E-state index contributed by atoms with van der Waals surface area (Å²) in [7, 11) is 0. The maximum atomic E-state index is 12.9. The Morgan fingerprint density at radius 1 is 1.18 bits per heavy atom. The Morgan fingerprint density at radius 2 is 1.94 bits per heavy atom. The average molecular weight is 559 g/mol. The lowest BCUT2D eigenvalue weighted by molar-refractivity contribution is -0.123. The topological polar surface area (TPSA) is 79.9 Å². The predicted molar refractivity (Wildman–Crippen MR) is 142 cm³/mol. The Bertz CT molecular complexity index is 1190. The molecule has 0 unspecified atom stereocenters. The number of halogens is 3. The van der Waals surface area contributed by atoms with Crippen molar-refractivity contribution in [1.29, 1.82) is 0 Å². The van der Waals surface area contributed by atoms with Gasteiger partial charge in [0.25, 0.3) is 5.91 Å². The van der Waals surface area contributed by atoms with Crippen LogP contribution in [-0.2, 0) is 4.79 Å². The van der Waals surface area contributed by atoms with E-state index in [1.807, 2.05) is 6.92 Å². The van der Waals surface area contributed by atoms with Gasteiger partial charge < -0.3 is 14.8 Å². The molecule has 12 heteroatoms. The second kappa shape index (κ2) is 11.8. The largest absolute Gasteiger partial charge is 0.490 e. The number of thiocarbonyl (C=S) groups is 1. The molecule has 1 heterocycles. The first-order valence-electron chi connectivity index (χ1n) is 9.74. The number of carbonyl (C=O) groups excluding carboxylic acids is 2. The van der Waals surface area contributed by atoms with Gasteiger partial charge in [-0.25, -0.2) is 10.2 Å². The predicted octanol–water partition coefficient (Wildman–Crippen LogP) is 6.55. The van der Waals surface area contributed by atoms with Gasteiger partial charge in [-0.3, -0.25) is 4.79 Å². The molecule has 1 aliphatic heterocycles. The molecule has 0 aliphatic carbocycles. The van der Waals surface area contributed by atoms with Crippen LogP contribution in [-0.4, -0.2) is 34.5 Å². The van der Waals surface area contributed by atoms with E-state index < -0.39 is 11.9 Å². The van der Waals surface area contributed by atoms with Crippen molar-refractivity contribution in [3.8, 4) is 11.5 Å². The monoisotopic (exact) mass is 557 g/mol. The Balaban J connectivity index is 1.76. The molecule has 1 fully saturated rings. The Hall–Kier alpha value is -2.43. The van der Waals surface area contributed by atoms with Gasteiger partial charge in [0, 0.05) is 5.69 Å². The summed E-state index contributed by atoms with van der Waals surface area (Å²) < 4.78 is 11.4. The van der Waals surface area contributed by atoms with E-state index in [1.54, 1.807) is 30.4 Å². The number of hydrogen-bond donors (Lipinski definition) is 2. The zero-order valence-electron chi connectivity index (χ0n) is 17.7. The van der Waals surface area contributed by atoms with E-state index in [-0.39, 0.29) is 20.9 Å². The highest BCUT2D eigenvalue weighted by Gasteiger charge is 2.33. The number of ether oxygens (including phenoxy) is 2. The van der Waals surface area contributed by atoms with Gasteiger partial charge in [-0.2, -0.15) is 5.01 Å². The van der Waals surface area contributed by atoms with Crippen LogP contribution in [0.15, 0.2) is 47.9 Å². The molecular formula is C22H18Cl3N3O4S2. The summed E-state index contributed by atoms with van der Waals surface area (Å²) in [5, 5.41) is 4.48. The van der Waals surface area contributed by atoms with Gasteiger partial charge in [0.1, 0.15) is 6.61 Å². The lowest BCUT2D eigenvalue weighted by Crippen LogP contribution is -2.46. The van der Waals surface area contributed by atoms with Crippen molar-refractivity contribution >= 4 is 86.8 Å². The number of hydrogen-bond acceptors (Lipinski definition) is 6. The van der Waals surface area contributed by atoms with E-state index in [4.69, 9.17) is 56.5 Å². The first kappa shape index (κ1) is 26.2. The third kappa shape index (κ3) is 6.37. The number of benzene rings is 2. The molecule has 3 rings (SSSR count). The zero-order valence-corrected chi connectivity index (χ0v) is 21.6. The van der Waals surface area contributed by atoms with E-state index in [0.29, 0.717) is 39.4 Å². The lowest BCUT2D eigenvalue weighted by Gasteiger charge is -2.16. The summed E-state index contributed by atoms with van der Waals surface area (Å²) >= 11 is 24.5. The molecule has 178 valence electrons. The van der Waals surface area contributed by atoms with E-state index in [2.05, 4.69) is 17.3 Å². The fourth-order valence-electron chi connectivity index (χ4n) is 2.77. The summed E-state index contributed by atoms with van der Waals surface area (Å²) in [5.74, 6) is 0.312. The average Bonchev–Trinajstić information content (AvgIpc) is 3.03. The molecule has 0 spiro atoms. The van der Waals surface area contributed by atoms with Crippen LogP contribution in [0.3, 0.4) is 0 Å². The summed E-state index contributed by atoms with van der Waals surface area (Å²) in [6.45, 7) is 6.10. The third-order valence-electron chi connectivity index (χ3n) is 4.16. The van der Waals surface area contributed by atoms with Gasteiger partial charge in [0.2, 0.25) is 0 Å². The third-order valence-corrected chi connectivity index (χ3v) is 6.48. The molecule has 3 amide bonds. The number of carbonyl (C=O) groups is 2. The number of urea groups is 1. The molecule has 1 saturated heterocycles.